The number of nitrogens with zero attached hydrogens (tertiary/aromatic N) is 2. The second-order valence-electron chi connectivity index (χ2n) is 5.19. The first-order valence-electron chi connectivity index (χ1n) is 7.20. The van der Waals surface area contributed by atoms with Gasteiger partial charge in [0.05, 0.1) is 5.56 Å². The number of hydrogen-bond acceptors (Lipinski definition) is 4. The van der Waals surface area contributed by atoms with Crippen molar-refractivity contribution in [1.82, 2.24) is 10.3 Å². The monoisotopic (exact) mass is 279 g/mol. The van der Waals surface area contributed by atoms with Crippen LogP contribution in [0.1, 0.15) is 29.9 Å². The van der Waals surface area contributed by atoms with Crippen molar-refractivity contribution in [1.29, 1.82) is 5.26 Å². The summed E-state index contributed by atoms with van der Waals surface area (Å²) in [5.74, 6) is 1.92. The van der Waals surface area contributed by atoms with Crippen LogP contribution in [0.15, 0.2) is 42.6 Å². The number of piperidine rings is 1. The number of pyridine rings is 1. The Morgan fingerprint density at radius 3 is 2.48 bits per heavy atom. The molecular weight excluding hydrogens is 262 g/mol. The van der Waals surface area contributed by atoms with Gasteiger partial charge in [-0.25, -0.2) is 4.98 Å². The molecule has 0 spiro atoms. The predicted octanol–water partition coefficient (Wildman–Crippen LogP) is 3.21. The summed E-state index contributed by atoms with van der Waals surface area (Å²) in [6, 6.07) is 13.7. The third-order valence-electron chi connectivity index (χ3n) is 3.78. The van der Waals surface area contributed by atoms with Crippen LogP contribution in [-0.4, -0.2) is 18.1 Å². The van der Waals surface area contributed by atoms with Gasteiger partial charge >= 0.3 is 0 Å². The molecule has 4 nitrogen and oxygen atoms in total. The molecule has 1 N–H and O–H groups in total. The Kier molecular flexibility index (Phi) is 4.13. The van der Waals surface area contributed by atoms with Gasteiger partial charge < -0.3 is 10.1 Å². The maximum absolute atomic E-state index is 8.74. The molecular formula is C17H17N3O. The minimum absolute atomic E-state index is 0.503. The summed E-state index contributed by atoms with van der Waals surface area (Å²) in [6.45, 7) is 2.19. The van der Waals surface area contributed by atoms with Gasteiger partial charge in [-0.2, -0.15) is 5.26 Å². The van der Waals surface area contributed by atoms with E-state index in [2.05, 4.69) is 22.4 Å². The second-order valence-corrected chi connectivity index (χ2v) is 5.19. The smallest absolute Gasteiger partial charge is 0.219 e. The van der Waals surface area contributed by atoms with Crippen LogP contribution in [0.4, 0.5) is 0 Å². The lowest BCUT2D eigenvalue weighted by atomic mass is 9.90. The van der Waals surface area contributed by atoms with Crippen molar-refractivity contribution in [2.24, 2.45) is 0 Å². The first kappa shape index (κ1) is 13.6. The maximum Gasteiger partial charge on any atom is 0.219 e. The normalized spacial score (nSPS) is 15.4. The van der Waals surface area contributed by atoms with Crippen molar-refractivity contribution < 1.29 is 4.74 Å². The molecule has 3 rings (SSSR count). The third kappa shape index (κ3) is 3.39. The third-order valence-corrected chi connectivity index (χ3v) is 3.78. The molecule has 0 saturated carbocycles. The first-order valence-corrected chi connectivity index (χ1v) is 7.20. The Morgan fingerprint density at radius 1 is 1.10 bits per heavy atom. The molecule has 1 aromatic carbocycles. The SMILES string of the molecule is N#Cc1ccc(Oc2ccc(C3CCNCC3)cc2)nc1. The molecule has 0 aliphatic carbocycles. The van der Waals surface area contributed by atoms with Crippen molar-refractivity contribution in [3.8, 4) is 17.7 Å². The highest BCUT2D eigenvalue weighted by Gasteiger charge is 2.14. The van der Waals surface area contributed by atoms with Crippen LogP contribution >= 0.6 is 0 Å². The number of benzene rings is 1. The molecule has 0 radical (unpaired) electrons. The lowest BCUT2D eigenvalue weighted by Gasteiger charge is -2.23. The Balaban J connectivity index is 1.67. The molecule has 4 heteroatoms. The van der Waals surface area contributed by atoms with Crippen molar-refractivity contribution >= 4 is 0 Å². The topological polar surface area (TPSA) is 57.9 Å². The average molecular weight is 279 g/mol. The fourth-order valence-corrected chi connectivity index (χ4v) is 2.59. The lowest BCUT2D eigenvalue weighted by Crippen LogP contribution is -2.26. The maximum atomic E-state index is 8.74. The van der Waals surface area contributed by atoms with Crippen molar-refractivity contribution in [2.75, 3.05) is 13.1 Å². The van der Waals surface area contributed by atoms with Crippen LogP contribution in [0.25, 0.3) is 0 Å². The van der Waals surface area contributed by atoms with E-state index in [9.17, 15) is 0 Å². The van der Waals surface area contributed by atoms with E-state index in [4.69, 9.17) is 10.00 Å². The Morgan fingerprint density at radius 2 is 1.86 bits per heavy atom. The van der Waals surface area contributed by atoms with Gasteiger partial charge in [0.1, 0.15) is 11.8 Å². The highest BCUT2D eigenvalue weighted by atomic mass is 16.5. The molecule has 0 atom stereocenters. The zero-order valence-electron chi connectivity index (χ0n) is 11.7. The largest absolute Gasteiger partial charge is 0.439 e. The summed E-state index contributed by atoms with van der Waals surface area (Å²) in [7, 11) is 0. The molecule has 0 amide bonds. The molecule has 1 aromatic heterocycles. The summed E-state index contributed by atoms with van der Waals surface area (Å²) < 4.78 is 5.69. The van der Waals surface area contributed by atoms with Gasteiger partial charge in [0.15, 0.2) is 0 Å². The average Bonchev–Trinajstić information content (AvgIpc) is 2.57. The minimum atomic E-state index is 0.503. The molecule has 2 heterocycles. The number of nitrogens with one attached hydrogen (secondary N) is 1. The summed E-state index contributed by atoms with van der Waals surface area (Å²) in [4.78, 5) is 4.10. The second kappa shape index (κ2) is 6.38. The summed E-state index contributed by atoms with van der Waals surface area (Å²) in [6.07, 6.45) is 3.90. The van der Waals surface area contributed by atoms with Crippen LogP contribution in [0.2, 0.25) is 0 Å². The van der Waals surface area contributed by atoms with E-state index >= 15 is 0 Å². The molecule has 0 unspecified atom stereocenters. The number of rotatable bonds is 3. The van der Waals surface area contributed by atoms with E-state index in [1.54, 1.807) is 12.1 Å². The van der Waals surface area contributed by atoms with Crippen LogP contribution < -0.4 is 10.1 Å². The van der Waals surface area contributed by atoms with E-state index in [-0.39, 0.29) is 0 Å². The van der Waals surface area contributed by atoms with Crippen LogP contribution in [0.3, 0.4) is 0 Å². The van der Waals surface area contributed by atoms with Gasteiger partial charge in [-0.1, -0.05) is 12.1 Å². The van der Waals surface area contributed by atoms with Crippen molar-refractivity contribution in [2.45, 2.75) is 18.8 Å². The van der Waals surface area contributed by atoms with Gasteiger partial charge in [-0.15, -0.1) is 0 Å². The van der Waals surface area contributed by atoms with Crippen LogP contribution in [-0.2, 0) is 0 Å². The standard InChI is InChI=1S/C17H17N3O/c18-11-13-1-6-17(20-12-13)21-16-4-2-14(3-5-16)15-7-9-19-10-8-15/h1-6,12,15,19H,7-10H2. The molecule has 1 saturated heterocycles. The fourth-order valence-electron chi connectivity index (χ4n) is 2.59. The Bertz CT molecular complexity index is 623. The van der Waals surface area contributed by atoms with Crippen molar-refractivity contribution in [3.05, 3.63) is 53.7 Å². The minimum Gasteiger partial charge on any atom is -0.439 e. The molecule has 1 aliphatic rings. The molecule has 21 heavy (non-hydrogen) atoms. The lowest BCUT2D eigenvalue weighted by molar-refractivity contribution is 0.454. The highest BCUT2D eigenvalue weighted by molar-refractivity contribution is 5.34. The van der Waals surface area contributed by atoms with E-state index in [0.29, 0.717) is 17.4 Å². The number of nitriles is 1. The van der Waals surface area contributed by atoms with E-state index < -0.39 is 0 Å². The molecule has 106 valence electrons. The van der Waals surface area contributed by atoms with Crippen molar-refractivity contribution in [3.63, 3.8) is 0 Å². The predicted molar refractivity (Wildman–Crippen MR) is 80.3 cm³/mol. The molecule has 1 fully saturated rings. The van der Waals surface area contributed by atoms with Gasteiger partial charge in [0, 0.05) is 12.3 Å². The summed E-state index contributed by atoms with van der Waals surface area (Å²) in [5.41, 5.74) is 1.90. The Labute approximate surface area is 124 Å². The van der Waals surface area contributed by atoms with E-state index in [1.807, 2.05) is 18.2 Å². The van der Waals surface area contributed by atoms with E-state index in [0.717, 1.165) is 18.8 Å². The van der Waals surface area contributed by atoms with E-state index in [1.165, 1.54) is 24.6 Å². The zero-order chi connectivity index (χ0) is 14.5. The van der Waals surface area contributed by atoms with Crippen LogP contribution in [0.5, 0.6) is 11.6 Å². The van der Waals surface area contributed by atoms with Gasteiger partial charge in [0.25, 0.3) is 0 Å². The zero-order valence-corrected chi connectivity index (χ0v) is 11.7. The van der Waals surface area contributed by atoms with Gasteiger partial charge in [-0.05, 0) is 55.6 Å². The van der Waals surface area contributed by atoms with Gasteiger partial charge in [0.2, 0.25) is 5.88 Å². The highest BCUT2D eigenvalue weighted by Crippen LogP contribution is 2.28. The molecule has 2 aromatic rings. The van der Waals surface area contributed by atoms with Crippen LogP contribution in [0, 0.1) is 11.3 Å². The Hall–Kier alpha value is -2.38. The summed E-state index contributed by atoms with van der Waals surface area (Å²) >= 11 is 0. The number of ether oxygens (including phenoxy) is 1. The molecule has 0 bridgehead atoms. The number of aromatic nitrogens is 1. The fraction of sp³-hybridized carbons (Fsp3) is 0.294. The number of hydrogen-bond donors (Lipinski definition) is 1. The van der Waals surface area contributed by atoms with Gasteiger partial charge in [-0.3, -0.25) is 0 Å². The summed E-state index contributed by atoms with van der Waals surface area (Å²) in [5, 5.41) is 12.1. The quantitative estimate of drug-likeness (QED) is 0.937. The molecule has 1 aliphatic heterocycles. The first-order chi connectivity index (χ1) is 10.3.